The van der Waals surface area contributed by atoms with Crippen LogP contribution in [0.25, 0.3) is 5.70 Å². The van der Waals surface area contributed by atoms with Crippen LogP contribution in [0.15, 0.2) is 76.4 Å². The molecule has 1 aliphatic carbocycles. The number of nitrogens with zero attached hydrogens (tertiary/aromatic N) is 5. The van der Waals surface area contributed by atoms with E-state index in [0.29, 0.717) is 53.0 Å². The van der Waals surface area contributed by atoms with E-state index in [4.69, 9.17) is 11.6 Å². The molecule has 39 heavy (non-hydrogen) atoms. The summed E-state index contributed by atoms with van der Waals surface area (Å²) in [4.78, 5) is 43.5. The molecule has 6 rings (SSSR count). The van der Waals surface area contributed by atoms with Crippen LogP contribution in [0.2, 0.25) is 0 Å². The molecule has 3 heterocycles. The Balaban J connectivity index is 1.13. The summed E-state index contributed by atoms with van der Waals surface area (Å²) in [5.41, 5.74) is 6.40. The Kier molecular flexibility index (Phi) is 6.70. The van der Waals surface area contributed by atoms with Crippen LogP contribution in [0.4, 0.5) is 17.3 Å². The van der Waals surface area contributed by atoms with Gasteiger partial charge in [-0.05, 0) is 49.2 Å². The fourth-order valence-electron chi connectivity index (χ4n) is 5.16. The minimum atomic E-state index is 0.0124. The molecule has 1 aromatic heterocycles. The SMILES string of the molecule is Cc1ccccc1N1CCN(C(=O)c2ccc(Nc3ncc4c(n3)C3=C(CC=C(Cl)C=N3)C(=O)C4)cc2)CC1. The molecule has 3 aliphatic rings. The molecule has 1 saturated heterocycles. The maximum absolute atomic E-state index is 13.2. The molecule has 0 spiro atoms. The Hall–Kier alpha value is -4.30. The van der Waals surface area contributed by atoms with Crippen molar-refractivity contribution >= 4 is 52.5 Å². The van der Waals surface area contributed by atoms with Gasteiger partial charge in [-0.3, -0.25) is 14.6 Å². The van der Waals surface area contributed by atoms with E-state index in [1.807, 2.05) is 35.2 Å². The van der Waals surface area contributed by atoms with Gasteiger partial charge in [0.2, 0.25) is 5.95 Å². The summed E-state index contributed by atoms with van der Waals surface area (Å²) in [7, 11) is 0. The summed E-state index contributed by atoms with van der Waals surface area (Å²) in [6.45, 7) is 5.09. The van der Waals surface area contributed by atoms with Gasteiger partial charge >= 0.3 is 0 Å². The number of ketones is 1. The molecular weight excluding hydrogens is 512 g/mol. The topological polar surface area (TPSA) is 90.8 Å². The van der Waals surface area contributed by atoms with Crippen molar-refractivity contribution in [3.63, 3.8) is 0 Å². The first kappa shape index (κ1) is 25.0. The van der Waals surface area contributed by atoms with Crippen molar-refractivity contribution in [3.8, 4) is 0 Å². The van der Waals surface area contributed by atoms with Crippen molar-refractivity contribution in [3.05, 3.63) is 93.8 Å². The number of hydrogen-bond acceptors (Lipinski definition) is 7. The Morgan fingerprint density at radius 3 is 2.56 bits per heavy atom. The minimum Gasteiger partial charge on any atom is -0.368 e. The number of aryl methyl sites for hydroxylation is 1. The zero-order chi connectivity index (χ0) is 26.9. The third-order valence-electron chi connectivity index (χ3n) is 7.29. The second-order valence-electron chi connectivity index (χ2n) is 9.81. The molecule has 0 radical (unpaired) electrons. The van der Waals surface area contributed by atoms with Gasteiger partial charge in [-0.25, -0.2) is 9.97 Å². The van der Waals surface area contributed by atoms with Crippen molar-refractivity contribution in [2.75, 3.05) is 36.4 Å². The molecule has 196 valence electrons. The van der Waals surface area contributed by atoms with Gasteiger partial charge < -0.3 is 15.1 Å². The molecule has 1 fully saturated rings. The molecule has 1 N–H and O–H groups in total. The van der Waals surface area contributed by atoms with Crippen LogP contribution in [-0.2, 0) is 11.2 Å². The number of allylic oxidation sites excluding steroid dienone is 3. The molecule has 2 aliphatic heterocycles. The lowest BCUT2D eigenvalue weighted by Gasteiger charge is -2.36. The van der Waals surface area contributed by atoms with Gasteiger partial charge in [0.15, 0.2) is 5.78 Å². The third-order valence-corrected chi connectivity index (χ3v) is 7.54. The number of aliphatic imine (C=N–C) groups is 1. The van der Waals surface area contributed by atoms with Crippen LogP contribution in [-0.4, -0.2) is 59.0 Å². The van der Waals surface area contributed by atoms with Gasteiger partial charge in [-0.1, -0.05) is 35.9 Å². The predicted octanol–water partition coefficient (Wildman–Crippen LogP) is 4.92. The number of fused-ring (bicyclic) bond motifs is 2. The number of benzene rings is 2. The van der Waals surface area contributed by atoms with Gasteiger partial charge in [-0.15, -0.1) is 0 Å². The first-order chi connectivity index (χ1) is 19.0. The number of carbonyl (C=O) groups is 2. The number of hydrogen-bond donors (Lipinski definition) is 1. The molecule has 0 bridgehead atoms. The summed E-state index contributed by atoms with van der Waals surface area (Å²) >= 11 is 6.12. The second-order valence-corrected chi connectivity index (χ2v) is 10.3. The fourth-order valence-corrected chi connectivity index (χ4v) is 5.29. The lowest BCUT2D eigenvalue weighted by Crippen LogP contribution is -2.49. The summed E-state index contributed by atoms with van der Waals surface area (Å²) < 4.78 is 0. The lowest BCUT2D eigenvalue weighted by molar-refractivity contribution is -0.115. The number of piperazine rings is 1. The standard InChI is InChI=1S/C30H27ClN6O2/c1-19-4-2-3-5-25(19)36-12-14-37(15-13-36)29(39)20-6-9-23(10-7-20)34-30-33-17-21-16-26(38)24-11-8-22(31)18-32-28(24)27(21)35-30/h2-10,17-18H,11-16H2,1H3,(H,33,34,35). The smallest absolute Gasteiger partial charge is 0.253 e. The number of para-hydroxylation sites is 1. The average molecular weight is 539 g/mol. The van der Waals surface area contributed by atoms with Gasteiger partial charge in [0.05, 0.1) is 16.4 Å². The van der Waals surface area contributed by atoms with Crippen LogP contribution in [0.1, 0.15) is 33.6 Å². The van der Waals surface area contributed by atoms with E-state index in [2.05, 4.69) is 50.3 Å². The molecule has 0 unspecified atom stereocenters. The molecule has 0 atom stereocenters. The lowest BCUT2D eigenvalue weighted by atomic mass is 9.91. The number of Topliss-reactive ketones (excluding diaryl/α,β-unsaturated/α-hetero) is 1. The van der Waals surface area contributed by atoms with Crippen molar-refractivity contribution in [2.45, 2.75) is 19.8 Å². The summed E-state index contributed by atoms with van der Waals surface area (Å²) in [5, 5.41) is 3.70. The summed E-state index contributed by atoms with van der Waals surface area (Å²) in [5.74, 6) is 0.428. The minimum absolute atomic E-state index is 0.0124. The Labute approximate surface area is 231 Å². The van der Waals surface area contributed by atoms with Crippen molar-refractivity contribution in [1.29, 1.82) is 0 Å². The van der Waals surface area contributed by atoms with Crippen LogP contribution in [0, 0.1) is 6.92 Å². The molecule has 1 amide bonds. The Morgan fingerprint density at radius 1 is 1.03 bits per heavy atom. The first-order valence-electron chi connectivity index (χ1n) is 13.0. The normalized spacial score (nSPS) is 16.9. The highest BCUT2D eigenvalue weighted by molar-refractivity contribution is 6.39. The van der Waals surface area contributed by atoms with Crippen LogP contribution in [0.3, 0.4) is 0 Å². The van der Waals surface area contributed by atoms with E-state index in [1.165, 1.54) is 11.3 Å². The largest absolute Gasteiger partial charge is 0.368 e. The second kappa shape index (κ2) is 10.5. The zero-order valence-electron chi connectivity index (χ0n) is 21.5. The molecule has 9 heteroatoms. The highest BCUT2D eigenvalue weighted by Crippen LogP contribution is 2.33. The molecule has 8 nitrogen and oxygen atoms in total. The highest BCUT2D eigenvalue weighted by Gasteiger charge is 2.28. The van der Waals surface area contributed by atoms with E-state index in [-0.39, 0.29) is 18.1 Å². The van der Waals surface area contributed by atoms with Crippen molar-refractivity contribution < 1.29 is 9.59 Å². The molecular formula is C30H27ClN6O2. The number of aromatic nitrogens is 2. The van der Waals surface area contributed by atoms with E-state index >= 15 is 0 Å². The van der Waals surface area contributed by atoms with Crippen molar-refractivity contribution in [1.82, 2.24) is 14.9 Å². The Morgan fingerprint density at radius 2 is 1.79 bits per heavy atom. The number of amides is 1. The van der Waals surface area contributed by atoms with Gasteiger partial charge in [0.25, 0.3) is 5.91 Å². The number of rotatable bonds is 4. The molecule has 0 saturated carbocycles. The number of carbonyl (C=O) groups excluding carboxylic acids is 2. The van der Waals surface area contributed by atoms with Gasteiger partial charge in [-0.2, -0.15) is 0 Å². The van der Waals surface area contributed by atoms with E-state index in [9.17, 15) is 9.59 Å². The average Bonchev–Trinajstić information content (AvgIpc) is 3.16. The third kappa shape index (κ3) is 5.07. The summed E-state index contributed by atoms with van der Waals surface area (Å²) in [6, 6.07) is 15.7. The van der Waals surface area contributed by atoms with Crippen molar-refractivity contribution in [2.24, 2.45) is 4.99 Å². The van der Waals surface area contributed by atoms with Crippen LogP contribution < -0.4 is 10.2 Å². The monoisotopic (exact) mass is 538 g/mol. The van der Waals surface area contributed by atoms with E-state index < -0.39 is 0 Å². The van der Waals surface area contributed by atoms with Gasteiger partial charge in [0, 0.05) is 73.1 Å². The highest BCUT2D eigenvalue weighted by atomic mass is 35.5. The van der Waals surface area contributed by atoms with Crippen LogP contribution >= 0.6 is 11.6 Å². The Bertz CT molecular complexity index is 1550. The maximum atomic E-state index is 13.2. The number of nitrogens with one attached hydrogen (secondary N) is 1. The predicted molar refractivity (Wildman–Crippen MR) is 154 cm³/mol. The quantitative estimate of drug-likeness (QED) is 0.507. The van der Waals surface area contributed by atoms with Crippen LogP contribution in [0.5, 0.6) is 0 Å². The number of halogens is 1. The number of anilines is 3. The zero-order valence-corrected chi connectivity index (χ0v) is 22.3. The van der Waals surface area contributed by atoms with Gasteiger partial charge in [0.1, 0.15) is 0 Å². The summed E-state index contributed by atoms with van der Waals surface area (Å²) in [6.07, 6.45) is 5.65. The molecule has 3 aromatic rings. The van der Waals surface area contributed by atoms with E-state index in [1.54, 1.807) is 18.5 Å². The fraction of sp³-hybridized carbons (Fsp3) is 0.233. The maximum Gasteiger partial charge on any atom is 0.253 e. The van der Waals surface area contributed by atoms with E-state index in [0.717, 1.165) is 24.3 Å². The molecule has 2 aromatic carbocycles. The first-order valence-corrected chi connectivity index (χ1v) is 13.3.